The molecule has 120 valence electrons. The fourth-order valence-corrected chi connectivity index (χ4v) is 3.06. The van der Waals surface area contributed by atoms with E-state index in [2.05, 4.69) is 34.5 Å². The van der Waals surface area contributed by atoms with Crippen LogP contribution in [0.1, 0.15) is 33.5 Å². The number of nitrogens with one attached hydrogen (secondary N) is 1. The summed E-state index contributed by atoms with van der Waals surface area (Å²) in [6.45, 7) is 5.93. The summed E-state index contributed by atoms with van der Waals surface area (Å²) in [7, 11) is 0. The average Bonchev–Trinajstić information content (AvgIpc) is 2.59. The van der Waals surface area contributed by atoms with Gasteiger partial charge in [-0.05, 0) is 43.0 Å². The van der Waals surface area contributed by atoms with E-state index in [-0.39, 0.29) is 5.91 Å². The van der Waals surface area contributed by atoms with Gasteiger partial charge >= 0.3 is 0 Å². The number of hydrogen-bond donors (Lipinski definition) is 1. The van der Waals surface area contributed by atoms with Crippen LogP contribution in [0.2, 0.25) is 0 Å². The fraction of sp³-hybridized carbons (Fsp3) is 0.350. The molecule has 0 spiro atoms. The van der Waals surface area contributed by atoms with Crippen LogP contribution in [0, 0.1) is 6.92 Å². The molecule has 3 nitrogen and oxygen atoms in total. The molecule has 1 N–H and O–H groups in total. The topological polar surface area (TPSA) is 32.3 Å². The van der Waals surface area contributed by atoms with Crippen molar-refractivity contribution in [1.29, 1.82) is 0 Å². The highest BCUT2D eigenvalue weighted by atomic mass is 16.1. The Labute approximate surface area is 138 Å². The first-order valence-electron chi connectivity index (χ1n) is 8.36. The first-order valence-corrected chi connectivity index (χ1v) is 8.36. The minimum Gasteiger partial charge on any atom is -0.352 e. The van der Waals surface area contributed by atoms with Crippen LogP contribution in [0.25, 0.3) is 0 Å². The van der Waals surface area contributed by atoms with Gasteiger partial charge in [0.1, 0.15) is 0 Å². The van der Waals surface area contributed by atoms with Crippen LogP contribution in [0.15, 0.2) is 48.5 Å². The minimum atomic E-state index is 0.0222. The summed E-state index contributed by atoms with van der Waals surface area (Å²) in [5.74, 6) is 0.0222. The molecule has 0 radical (unpaired) electrons. The summed E-state index contributed by atoms with van der Waals surface area (Å²) in [6.07, 6.45) is 2.12. The monoisotopic (exact) mass is 308 g/mol. The van der Waals surface area contributed by atoms with Crippen LogP contribution >= 0.6 is 0 Å². The standard InChI is InChI=1S/C20H24N2O/c1-16-7-9-18(10-8-16)20(23)21-12-4-13-22-14-11-17-5-2-3-6-19(17)15-22/h2-3,5-10H,4,11-15H2,1H3,(H,21,23). The van der Waals surface area contributed by atoms with E-state index in [1.165, 1.54) is 16.7 Å². The Bertz CT molecular complexity index is 664. The van der Waals surface area contributed by atoms with Gasteiger partial charge in [-0.2, -0.15) is 0 Å². The number of aryl methyl sites for hydroxylation is 1. The summed E-state index contributed by atoms with van der Waals surface area (Å²) in [5.41, 5.74) is 4.84. The number of nitrogens with zero attached hydrogens (tertiary/aromatic N) is 1. The average molecular weight is 308 g/mol. The van der Waals surface area contributed by atoms with Gasteiger partial charge in [0.25, 0.3) is 5.91 Å². The lowest BCUT2D eigenvalue weighted by Gasteiger charge is -2.28. The van der Waals surface area contributed by atoms with Gasteiger partial charge < -0.3 is 5.32 Å². The highest BCUT2D eigenvalue weighted by Crippen LogP contribution is 2.18. The van der Waals surface area contributed by atoms with Gasteiger partial charge in [-0.15, -0.1) is 0 Å². The normalized spacial score (nSPS) is 14.3. The molecule has 0 saturated carbocycles. The molecule has 2 aromatic rings. The zero-order chi connectivity index (χ0) is 16.1. The number of amides is 1. The van der Waals surface area contributed by atoms with Gasteiger partial charge in [0.05, 0.1) is 0 Å². The molecular formula is C20H24N2O. The second kappa shape index (κ2) is 7.42. The van der Waals surface area contributed by atoms with E-state index in [4.69, 9.17) is 0 Å². The fourth-order valence-electron chi connectivity index (χ4n) is 3.06. The number of benzene rings is 2. The molecule has 3 heteroatoms. The molecule has 2 aromatic carbocycles. The van der Waals surface area contributed by atoms with Crippen molar-refractivity contribution in [2.75, 3.05) is 19.6 Å². The number of fused-ring (bicyclic) bond motifs is 1. The van der Waals surface area contributed by atoms with E-state index in [0.717, 1.165) is 44.6 Å². The Kier molecular flexibility index (Phi) is 5.09. The Morgan fingerprint density at radius 3 is 2.61 bits per heavy atom. The second-order valence-electron chi connectivity index (χ2n) is 6.27. The van der Waals surface area contributed by atoms with E-state index in [0.29, 0.717) is 0 Å². The third-order valence-electron chi connectivity index (χ3n) is 4.46. The van der Waals surface area contributed by atoms with Crippen molar-refractivity contribution in [3.63, 3.8) is 0 Å². The number of carbonyl (C=O) groups is 1. The van der Waals surface area contributed by atoms with Crippen molar-refractivity contribution in [1.82, 2.24) is 10.2 Å². The van der Waals surface area contributed by atoms with Crippen molar-refractivity contribution < 1.29 is 4.79 Å². The first kappa shape index (κ1) is 15.8. The van der Waals surface area contributed by atoms with Gasteiger partial charge in [-0.3, -0.25) is 9.69 Å². The van der Waals surface area contributed by atoms with E-state index in [1.807, 2.05) is 31.2 Å². The van der Waals surface area contributed by atoms with E-state index in [1.54, 1.807) is 0 Å². The number of carbonyl (C=O) groups excluding carboxylic acids is 1. The third kappa shape index (κ3) is 4.20. The van der Waals surface area contributed by atoms with Crippen molar-refractivity contribution in [2.45, 2.75) is 26.3 Å². The maximum atomic E-state index is 12.0. The number of hydrogen-bond acceptors (Lipinski definition) is 2. The molecular weight excluding hydrogens is 284 g/mol. The summed E-state index contributed by atoms with van der Waals surface area (Å²) in [6, 6.07) is 16.4. The number of rotatable bonds is 5. The largest absolute Gasteiger partial charge is 0.352 e. The molecule has 1 amide bonds. The van der Waals surface area contributed by atoms with Gasteiger partial charge in [-0.1, -0.05) is 42.0 Å². The molecule has 23 heavy (non-hydrogen) atoms. The van der Waals surface area contributed by atoms with Crippen LogP contribution in [0.4, 0.5) is 0 Å². The van der Waals surface area contributed by atoms with Crippen LogP contribution in [-0.4, -0.2) is 30.4 Å². The molecule has 0 atom stereocenters. The van der Waals surface area contributed by atoms with Gasteiger partial charge in [0.15, 0.2) is 0 Å². The van der Waals surface area contributed by atoms with Gasteiger partial charge in [-0.25, -0.2) is 0 Å². The highest BCUT2D eigenvalue weighted by molar-refractivity contribution is 5.94. The Morgan fingerprint density at radius 1 is 1.09 bits per heavy atom. The molecule has 0 aromatic heterocycles. The zero-order valence-electron chi connectivity index (χ0n) is 13.7. The highest BCUT2D eigenvalue weighted by Gasteiger charge is 2.15. The van der Waals surface area contributed by atoms with Crippen molar-refractivity contribution in [2.24, 2.45) is 0 Å². The first-order chi connectivity index (χ1) is 11.2. The van der Waals surface area contributed by atoms with E-state index in [9.17, 15) is 4.79 Å². The van der Waals surface area contributed by atoms with E-state index >= 15 is 0 Å². The Balaban J connectivity index is 1.40. The minimum absolute atomic E-state index is 0.0222. The zero-order valence-corrected chi connectivity index (χ0v) is 13.7. The summed E-state index contributed by atoms with van der Waals surface area (Å²) in [5, 5.41) is 3.01. The summed E-state index contributed by atoms with van der Waals surface area (Å²) >= 11 is 0. The Hall–Kier alpha value is -2.13. The van der Waals surface area contributed by atoms with Crippen LogP contribution in [0.5, 0.6) is 0 Å². The molecule has 1 heterocycles. The smallest absolute Gasteiger partial charge is 0.251 e. The molecule has 1 aliphatic rings. The second-order valence-corrected chi connectivity index (χ2v) is 6.27. The maximum absolute atomic E-state index is 12.0. The predicted molar refractivity (Wildman–Crippen MR) is 93.6 cm³/mol. The molecule has 0 bridgehead atoms. The molecule has 1 aliphatic heterocycles. The molecule has 0 aliphatic carbocycles. The molecule has 0 fully saturated rings. The maximum Gasteiger partial charge on any atom is 0.251 e. The van der Waals surface area contributed by atoms with Crippen LogP contribution < -0.4 is 5.32 Å². The summed E-state index contributed by atoms with van der Waals surface area (Å²) < 4.78 is 0. The molecule has 3 rings (SSSR count). The van der Waals surface area contributed by atoms with E-state index < -0.39 is 0 Å². The van der Waals surface area contributed by atoms with Crippen molar-refractivity contribution in [3.8, 4) is 0 Å². The summed E-state index contributed by atoms with van der Waals surface area (Å²) in [4.78, 5) is 14.5. The van der Waals surface area contributed by atoms with Crippen molar-refractivity contribution in [3.05, 3.63) is 70.8 Å². The Morgan fingerprint density at radius 2 is 1.83 bits per heavy atom. The lowest BCUT2D eigenvalue weighted by atomic mass is 10.00. The predicted octanol–water partition coefficient (Wildman–Crippen LogP) is 3.17. The third-order valence-corrected chi connectivity index (χ3v) is 4.46. The quantitative estimate of drug-likeness (QED) is 0.861. The molecule has 0 unspecified atom stereocenters. The van der Waals surface area contributed by atoms with Crippen LogP contribution in [-0.2, 0) is 13.0 Å². The lowest BCUT2D eigenvalue weighted by Crippen LogP contribution is -2.33. The SMILES string of the molecule is Cc1ccc(C(=O)NCCCN2CCc3ccccc3C2)cc1. The van der Waals surface area contributed by atoms with Gasteiger partial charge in [0.2, 0.25) is 0 Å². The lowest BCUT2D eigenvalue weighted by molar-refractivity contribution is 0.0951. The van der Waals surface area contributed by atoms with Crippen molar-refractivity contribution >= 4 is 5.91 Å². The van der Waals surface area contributed by atoms with Gasteiger partial charge in [0, 0.05) is 31.7 Å². The van der Waals surface area contributed by atoms with Crippen LogP contribution in [0.3, 0.4) is 0 Å². The molecule has 0 saturated heterocycles.